The van der Waals surface area contributed by atoms with Gasteiger partial charge in [-0.25, -0.2) is 18.7 Å². The van der Waals surface area contributed by atoms with Gasteiger partial charge < -0.3 is 25.0 Å². The summed E-state index contributed by atoms with van der Waals surface area (Å²) < 4.78 is 38.7. The fraction of sp³-hybridized carbons (Fsp3) is 0.550. The number of hydrogen-bond donors (Lipinski definition) is 1. The summed E-state index contributed by atoms with van der Waals surface area (Å²) in [6.07, 6.45) is 0.711. The number of hydrogen-bond acceptors (Lipinski definition) is 8. The molecule has 5 heterocycles. The number of rotatable bonds is 4. The molecule has 0 amide bonds. The molecule has 3 fully saturated rings. The maximum atomic E-state index is 13.8. The predicted molar refractivity (Wildman–Crippen MR) is 108 cm³/mol. The molecule has 0 radical (unpaired) electrons. The van der Waals surface area contributed by atoms with Crippen LogP contribution in [0.3, 0.4) is 0 Å². The molecular formula is C20H24F2N6O2. The van der Waals surface area contributed by atoms with Crippen LogP contribution in [0.4, 0.5) is 26.4 Å². The molecule has 2 atom stereocenters. The third-order valence-electron chi connectivity index (χ3n) is 5.98. The lowest BCUT2D eigenvalue weighted by molar-refractivity contribution is 0.0897. The number of morpholine rings is 2. The maximum absolute atomic E-state index is 13.8. The molecule has 3 saturated heterocycles. The summed E-state index contributed by atoms with van der Waals surface area (Å²) >= 11 is 0. The van der Waals surface area contributed by atoms with Crippen LogP contribution in [0.5, 0.6) is 0 Å². The van der Waals surface area contributed by atoms with Crippen LogP contribution in [0.2, 0.25) is 0 Å². The van der Waals surface area contributed by atoms with Gasteiger partial charge in [0.2, 0.25) is 5.95 Å². The van der Waals surface area contributed by atoms with E-state index in [1.807, 2.05) is 0 Å². The summed E-state index contributed by atoms with van der Waals surface area (Å²) in [6.45, 7) is 3.83. The quantitative estimate of drug-likeness (QED) is 0.809. The van der Waals surface area contributed by atoms with Gasteiger partial charge in [0.25, 0.3) is 6.43 Å². The van der Waals surface area contributed by atoms with Crippen molar-refractivity contribution in [3.05, 3.63) is 23.9 Å². The van der Waals surface area contributed by atoms with Gasteiger partial charge in [-0.2, -0.15) is 4.98 Å². The van der Waals surface area contributed by atoms with Gasteiger partial charge in [0.05, 0.1) is 44.2 Å². The molecule has 3 aliphatic heterocycles. The monoisotopic (exact) mass is 418 g/mol. The van der Waals surface area contributed by atoms with E-state index in [0.717, 1.165) is 12.8 Å². The van der Waals surface area contributed by atoms with Crippen molar-refractivity contribution in [3.8, 4) is 11.3 Å². The molecule has 0 aliphatic carbocycles. The number of anilines is 3. The second kappa shape index (κ2) is 7.92. The van der Waals surface area contributed by atoms with E-state index >= 15 is 0 Å². The van der Waals surface area contributed by atoms with Gasteiger partial charge in [0.1, 0.15) is 11.6 Å². The third kappa shape index (κ3) is 3.54. The van der Waals surface area contributed by atoms with Gasteiger partial charge in [-0.1, -0.05) is 0 Å². The molecule has 2 aromatic heterocycles. The second-order valence-electron chi connectivity index (χ2n) is 7.84. The summed E-state index contributed by atoms with van der Waals surface area (Å²) in [5, 5.41) is 0. The molecule has 2 unspecified atom stereocenters. The molecule has 2 bridgehead atoms. The summed E-state index contributed by atoms with van der Waals surface area (Å²) in [5.74, 6) is 1.33. The fourth-order valence-corrected chi connectivity index (χ4v) is 4.47. The Kier molecular flexibility index (Phi) is 5.11. The Morgan fingerprint density at radius 1 is 1.03 bits per heavy atom. The van der Waals surface area contributed by atoms with Gasteiger partial charge >= 0.3 is 0 Å². The smallest absolute Gasteiger partial charge is 0.264 e. The van der Waals surface area contributed by atoms with Gasteiger partial charge in [0, 0.05) is 36.5 Å². The highest BCUT2D eigenvalue weighted by Crippen LogP contribution is 2.36. The summed E-state index contributed by atoms with van der Waals surface area (Å²) in [6, 6.07) is 3.39. The van der Waals surface area contributed by atoms with Gasteiger partial charge in [-0.05, 0) is 18.9 Å². The number of alkyl halides is 2. The van der Waals surface area contributed by atoms with E-state index in [1.54, 1.807) is 6.07 Å². The van der Waals surface area contributed by atoms with E-state index < -0.39 is 6.43 Å². The van der Waals surface area contributed by atoms with Crippen molar-refractivity contribution in [1.82, 2.24) is 15.0 Å². The highest BCUT2D eigenvalue weighted by Gasteiger charge is 2.39. The number of ether oxygens (including phenoxy) is 2. The largest absolute Gasteiger partial charge is 0.384 e. The Bertz CT molecular complexity index is 908. The first-order valence-corrected chi connectivity index (χ1v) is 10.2. The van der Waals surface area contributed by atoms with Gasteiger partial charge in [-0.3, -0.25) is 0 Å². The van der Waals surface area contributed by atoms with Crippen molar-refractivity contribution in [1.29, 1.82) is 0 Å². The van der Waals surface area contributed by atoms with E-state index in [-0.39, 0.29) is 29.0 Å². The number of fused-ring (bicyclic) bond motifs is 2. The highest BCUT2D eigenvalue weighted by molar-refractivity contribution is 5.69. The Morgan fingerprint density at radius 2 is 1.77 bits per heavy atom. The van der Waals surface area contributed by atoms with Crippen LogP contribution in [-0.4, -0.2) is 66.6 Å². The summed E-state index contributed by atoms with van der Waals surface area (Å²) in [4.78, 5) is 17.9. The van der Waals surface area contributed by atoms with Crippen LogP contribution in [0.15, 0.2) is 18.3 Å². The molecule has 30 heavy (non-hydrogen) atoms. The Balaban J connectivity index is 1.62. The number of halogens is 2. The van der Waals surface area contributed by atoms with Crippen LogP contribution in [0.25, 0.3) is 11.3 Å². The zero-order chi connectivity index (χ0) is 20.7. The standard InChI is InChI=1S/C20H24F2N6O2/c21-19(22)14-7-17(23)24-9-15(14)16-8-18(27-3-5-29-6-4-27)26-20(25-16)28-12-1-2-13(28)11-30-10-12/h7-9,12-13,19H,1-6,10-11H2,(H2,23,24). The van der Waals surface area contributed by atoms with Gasteiger partial charge in [0.15, 0.2) is 0 Å². The molecule has 160 valence electrons. The molecule has 5 rings (SSSR count). The first-order chi connectivity index (χ1) is 14.6. The molecule has 2 N–H and O–H groups in total. The summed E-state index contributed by atoms with van der Waals surface area (Å²) in [5.41, 5.74) is 6.19. The van der Waals surface area contributed by atoms with Crippen LogP contribution in [0.1, 0.15) is 24.8 Å². The van der Waals surface area contributed by atoms with Crippen molar-refractivity contribution in [2.45, 2.75) is 31.4 Å². The van der Waals surface area contributed by atoms with Crippen LogP contribution in [0, 0.1) is 0 Å². The van der Waals surface area contributed by atoms with Crippen LogP contribution >= 0.6 is 0 Å². The predicted octanol–water partition coefficient (Wildman–Crippen LogP) is 2.26. The normalized spacial score (nSPS) is 24.0. The van der Waals surface area contributed by atoms with Crippen molar-refractivity contribution in [3.63, 3.8) is 0 Å². The third-order valence-corrected chi connectivity index (χ3v) is 5.98. The Hall–Kier alpha value is -2.59. The van der Waals surface area contributed by atoms with Crippen molar-refractivity contribution < 1.29 is 18.3 Å². The molecule has 3 aliphatic rings. The second-order valence-corrected chi connectivity index (χ2v) is 7.84. The van der Waals surface area contributed by atoms with Gasteiger partial charge in [-0.15, -0.1) is 0 Å². The van der Waals surface area contributed by atoms with E-state index in [0.29, 0.717) is 57.0 Å². The van der Waals surface area contributed by atoms with E-state index in [4.69, 9.17) is 25.2 Å². The molecular weight excluding hydrogens is 394 g/mol. The minimum absolute atomic E-state index is 0.0583. The van der Waals surface area contributed by atoms with Crippen molar-refractivity contribution in [2.75, 3.05) is 55.1 Å². The molecule has 0 spiro atoms. The number of pyridine rings is 1. The fourth-order valence-electron chi connectivity index (χ4n) is 4.47. The zero-order valence-electron chi connectivity index (χ0n) is 16.5. The maximum Gasteiger partial charge on any atom is 0.264 e. The van der Waals surface area contributed by atoms with Crippen LogP contribution < -0.4 is 15.5 Å². The molecule has 0 saturated carbocycles. The number of nitrogen functional groups attached to an aromatic ring is 1. The lowest BCUT2D eigenvalue weighted by atomic mass is 10.1. The Labute approximate surface area is 173 Å². The van der Waals surface area contributed by atoms with E-state index in [9.17, 15) is 8.78 Å². The zero-order valence-corrected chi connectivity index (χ0v) is 16.5. The lowest BCUT2D eigenvalue weighted by Gasteiger charge is -2.36. The van der Waals surface area contributed by atoms with Crippen molar-refractivity contribution >= 4 is 17.6 Å². The van der Waals surface area contributed by atoms with E-state index in [1.165, 1.54) is 12.3 Å². The number of aromatic nitrogens is 3. The molecule has 0 aromatic carbocycles. The minimum Gasteiger partial charge on any atom is -0.384 e. The Morgan fingerprint density at radius 3 is 2.47 bits per heavy atom. The SMILES string of the molecule is Nc1cc(C(F)F)c(-c2cc(N3CCOCC3)nc(N3C4CCC3COC4)n2)cn1. The first-order valence-electron chi connectivity index (χ1n) is 10.2. The molecule has 10 heteroatoms. The first kappa shape index (κ1) is 19.4. The molecule has 8 nitrogen and oxygen atoms in total. The number of nitrogens with two attached hydrogens (primary N) is 1. The topological polar surface area (TPSA) is 89.6 Å². The minimum atomic E-state index is -2.69. The average molecular weight is 418 g/mol. The number of nitrogens with zero attached hydrogens (tertiary/aromatic N) is 5. The summed E-state index contributed by atoms with van der Waals surface area (Å²) in [7, 11) is 0. The molecule has 2 aromatic rings. The van der Waals surface area contributed by atoms with E-state index in [2.05, 4.69) is 14.8 Å². The highest BCUT2D eigenvalue weighted by atomic mass is 19.3. The van der Waals surface area contributed by atoms with Crippen LogP contribution in [-0.2, 0) is 9.47 Å². The van der Waals surface area contributed by atoms with Crippen molar-refractivity contribution in [2.24, 2.45) is 0 Å². The average Bonchev–Trinajstić information content (AvgIpc) is 3.02. The lowest BCUT2D eigenvalue weighted by Crippen LogP contribution is -2.47.